The molecular formula is C25H27N5O2. The monoisotopic (exact) mass is 429 g/mol. The number of nitrogens with one attached hydrogen (secondary N) is 1. The maximum absolute atomic E-state index is 12.6. The summed E-state index contributed by atoms with van der Waals surface area (Å²) in [6.07, 6.45) is 2.49. The molecule has 0 bridgehead atoms. The summed E-state index contributed by atoms with van der Waals surface area (Å²) in [6, 6.07) is 15.8. The van der Waals surface area contributed by atoms with E-state index in [4.69, 9.17) is 0 Å². The predicted molar refractivity (Wildman–Crippen MR) is 125 cm³/mol. The largest absolute Gasteiger partial charge is 0.356 e. The van der Waals surface area contributed by atoms with Crippen LogP contribution >= 0.6 is 0 Å². The third kappa shape index (κ3) is 4.61. The molecule has 0 unspecified atom stereocenters. The van der Waals surface area contributed by atoms with Crippen molar-refractivity contribution in [2.45, 2.75) is 40.2 Å². The Kier molecular flexibility index (Phi) is 6.16. The summed E-state index contributed by atoms with van der Waals surface area (Å²) < 4.78 is 3.42. The summed E-state index contributed by atoms with van der Waals surface area (Å²) in [7, 11) is 0. The van der Waals surface area contributed by atoms with Crippen LogP contribution in [-0.2, 0) is 17.8 Å². The van der Waals surface area contributed by atoms with E-state index in [-0.39, 0.29) is 17.9 Å². The van der Waals surface area contributed by atoms with Crippen LogP contribution in [0.3, 0.4) is 0 Å². The summed E-state index contributed by atoms with van der Waals surface area (Å²) in [5, 5.41) is 8.01. The number of para-hydroxylation sites is 1. The molecule has 2 heterocycles. The molecule has 0 atom stereocenters. The first-order valence-corrected chi connectivity index (χ1v) is 10.8. The molecule has 2 aromatic heterocycles. The highest BCUT2D eigenvalue weighted by Crippen LogP contribution is 2.13. The highest BCUT2D eigenvalue weighted by molar-refractivity contribution is 5.80. The smallest absolute Gasteiger partial charge is 0.261 e. The van der Waals surface area contributed by atoms with Gasteiger partial charge in [-0.05, 0) is 62.6 Å². The van der Waals surface area contributed by atoms with Crippen molar-refractivity contribution in [3.8, 4) is 5.69 Å². The minimum atomic E-state index is -0.116. The molecule has 1 N–H and O–H groups in total. The predicted octanol–water partition coefficient (Wildman–Crippen LogP) is 3.26. The van der Waals surface area contributed by atoms with Crippen molar-refractivity contribution in [2.24, 2.45) is 0 Å². The lowest BCUT2D eigenvalue weighted by molar-refractivity contribution is -0.121. The third-order valence-corrected chi connectivity index (χ3v) is 5.56. The summed E-state index contributed by atoms with van der Waals surface area (Å²) in [5.74, 6) is -0.0829. The molecule has 0 fully saturated rings. The Morgan fingerprint density at radius 2 is 1.84 bits per heavy atom. The molecule has 4 rings (SSSR count). The summed E-state index contributed by atoms with van der Waals surface area (Å²) in [4.78, 5) is 29.3. The van der Waals surface area contributed by atoms with Crippen molar-refractivity contribution in [1.29, 1.82) is 0 Å². The number of benzene rings is 2. The lowest BCUT2D eigenvalue weighted by Crippen LogP contribution is -2.29. The molecule has 2 aromatic carbocycles. The molecule has 1 amide bonds. The van der Waals surface area contributed by atoms with Gasteiger partial charge in [-0.2, -0.15) is 5.10 Å². The Morgan fingerprint density at radius 3 is 2.56 bits per heavy atom. The van der Waals surface area contributed by atoms with E-state index in [9.17, 15) is 9.59 Å². The first-order chi connectivity index (χ1) is 15.4. The van der Waals surface area contributed by atoms with Gasteiger partial charge in [0.25, 0.3) is 5.56 Å². The van der Waals surface area contributed by atoms with Crippen LogP contribution in [0, 0.1) is 20.8 Å². The SMILES string of the molecule is Cc1cc(C)n(-c2ccc(CCNC(=O)CCn3cnc4c(C)cccc4c3=O)cc2)n1. The molecule has 0 aliphatic carbocycles. The van der Waals surface area contributed by atoms with Gasteiger partial charge in [-0.3, -0.25) is 14.2 Å². The van der Waals surface area contributed by atoms with Gasteiger partial charge in [-0.1, -0.05) is 24.3 Å². The summed E-state index contributed by atoms with van der Waals surface area (Å²) in [6.45, 7) is 6.79. The number of amides is 1. The van der Waals surface area contributed by atoms with Gasteiger partial charge >= 0.3 is 0 Å². The Labute approximate surface area is 186 Å². The van der Waals surface area contributed by atoms with E-state index < -0.39 is 0 Å². The van der Waals surface area contributed by atoms with E-state index in [1.54, 1.807) is 6.07 Å². The Hall–Kier alpha value is -3.74. The van der Waals surface area contributed by atoms with E-state index in [0.717, 1.165) is 34.6 Å². The van der Waals surface area contributed by atoms with E-state index in [0.29, 0.717) is 24.0 Å². The van der Waals surface area contributed by atoms with Gasteiger partial charge in [-0.25, -0.2) is 9.67 Å². The first-order valence-electron chi connectivity index (χ1n) is 10.8. The second kappa shape index (κ2) is 9.18. The van der Waals surface area contributed by atoms with Crippen molar-refractivity contribution in [1.82, 2.24) is 24.6 Å². The van der Waals surface area contributed by atoms with Gasteiger partial charge in [0, 0.05) is 25.2 Å². The van der Waals surface area contributed by atoms with Crippen LogP contribution < -0.4 is 10.9 Å². The van der Waals surface area contributed by atoms with Crippen molar-refractivity contribution >= 4 is 16.8 Å². The van der Waals surface area contributed by atoms with E-state index in [2.05, 4.69) is 27.5 Å². The molecule has 7 heteroatoms. The number of rotatable bonds is 7. The van der Waals surface area contributed by atoms with E-state index >= 15 is 0 Å². The zero-order valence-corrected chi connectivity index (χ0v) is 18.6. The van der Waals surface area contributed by atoms with Crippen molar-refractivity contribution in [2.75, 3.05) is 6.54 Å². The molecular weight excluding hydrogens is 402 g/mol. The number of aromatic nitrogens is 4. The lowest BCUT2D eigenvalue weighted by Gasteiger charge is -2.09. The number of hydrogen-bond donors (Lipinski definition) is 1. The van der Waals surface area contributed by atoms with Crippen LogP contribution in [0.4, 0.5) is 0 Å². The van der Waals surface area contributed by atoms with Crippen LogP contribution in [0.25, 0.3) is 16.6 Å². The minimum Gasteiger partial charge on any atom is -0.356 e. The van der Waals surface area contributed by atoms with Crippen molar-refractivity contribution < 1.29 is 4.79 Å². The van der Waals surface area contributed by atoms with Crippen LogP contribution in [0.15, 0.2) is 59.7 Å². The molecule has 0 spiro atoms. The second-order valence-electron chi connectivity index (χ2n) is 8.07. The Balaban J connectivity index is 1.28. The third-order valence-electron chi connectivity index (χ3n) is 5.56. The van der Waals surface area contributed by atoms with E-state index in [1.165, 1.54) is 10.9 Å². The standard InChI is InChI=1S/C25H27N5O2/c1-17-5-4-6-22-24(17)27-16-29(25(22)32)14-12-23(31)26-13-11-20-7-9-21(10-8-20)30-19(3)15-18(2)28-30/h4-10,15-16H,11-14H2,1-3H3,(H,26,31). The maximum Gasteiger partial charge on any atom is 0.261 e. The number of aryl methyl sites for hydroxylation is 4. The van der Waals surface area contributed by atoms with Gasteiger partial charge < -0.3 is 5.32 Å². The van der Waals surface area contributed by atoms with Crippen molar-refractivity contribution in [3.63, 3.8) is 0 Å². The molecule has 0 aliphatic heterocycles. The number of hydrogen-bond acceptors (Lipinski definition) is 4. The summed E-state index contributed by atoms with van der Waals surface area (Å²) in [5.41, 5.74) is 5.81. The fourth-order valence-electron chi connectivity index (χ4n) is 3.85. The zero-order chi connectivity index (χ0) is 22.7. The molecule has 0 radical (unpaired) electrons. The van der Waals surface area contributed by atoms with Gasteiger partial charge in [0.15, 0.2) is 0 Å². The Morgan fingerprint density at radius 1 is 1.06 bits per heavy atom. The highest BCUT2D eigenvalue weighted by Gasteiger charge is 2.08. The average Bonchev–Trinajstić information content (AvgIpc) is 3.12. The summed E-state index contributed by atoms with van der Waals surface area (Å²) >= 11 is 0. The molecule has 0 saturated carbocycles. The molecule has 164 valence electrons. The van der Waals surface area contributed by atoms with Gasteiger partial charge in [0.1, 0.15) is 0 Å². The van der Waals surface area contributed by atoms with Gasteiger partial charge in [0.2, 0.25) is 5.91 Å². The normalized spacial score (nSPS) is 11.1. The Bertz CT molecular complexity index is 1320. The molecule has 4 aromatic rings. The topological polar surface area (TPSA) is 81.8 Å². The molecule has 0 aliphatic rings. The minimum absolute atomic E-state index is 0.0829. The van der Waals surface area contributed by atoms with Crippen LogP contribution in [0.1, 0.15) is 28.9 Å². The number of carbonyl (C=O) groups excluding carboxylic acids is 1. The van der Waals surface area contributed by atoms with Crippen LogP contribution in [-0.4, -0.2) is 31.8 Å². The zero-order valence-electron chi connectivity index (χ0n) is 18.6. The molecule has 7 nitrogen and oxygen atoms in total. The average molecular weight is 430 g/mol. The maximum atomic E-state index is 12.6. The van der Waals surface area contributed by atoms with Crippen LogP contribution in [0.2, 0.25) is 0 Å². The molecule has 0 saturated heterocycles. The number of nitrogens with zero attached hydrogens (tertiary/aromatic N) is 4. The fraction of sp³-hybridized carbons (Fsp3) is 0.280. The number of fused-ring (bicyclic) bond motifs is 1. The van der Waals surface area contributed by atoms with Gasteiger partial charge in [-0.15, -0.1) is 0 Å². The first kappa shape index (κ1) is 21.5. The van der Waals surface area contributed by atoms with E-state index in [1.807, 2.05) is 55.8 Å². The quantitative estimate of drug-likeness (QED) is 0.489. The highest BCUT2D eigenvalue weighted by atomic mass is 16.1. The lowest BCUT2D eigenvalue weighted by atomic mass is 10.1. The number of carbonyl (C=O) groups is 1. The fourth-order valence-corrected chi connectivity index (χ4v) is 3.85. The van der Waals surface area contributed by atoms with Crippen LogP contribution in [0.5, 0.6) is 0 Å². The van der Waals surface area contributed by atoms with Gasteiger partial charge in [0.05, 0.1) is 28.6 Å². The molecule has 32 heavy (non-hydrogen) atoms. The van der Waals surface area contributed by atoms with Crippen molar-refractivity contribution in [3.05, 3.63) is 87.7 Å². The second-order valence-corrected chi connectivity index (χ2v) is 8.07.